The molecule has 3 rings (SSSR count). The maximum absolute atomic E-state index is 12.2. The fraction of sp³-hybridized carbons (Fsp3) is 0.353. The van der Waals surface area contributed by atoms with Crippen LogP contribution in [0.25, 0.3) is 6.08 Å². The molecule has 1 fully saturated rings. The Morgan fingerprint density at radius 2 is 2.42 bits per heavy atom. The summed E-state index contributed by atoms with van der Waals surface area (Å²) >= 11 is 5.95. The van der Waals surface area contributed by atoms with Gasteiger partial charge in [0.25, 0.3) is 0 Å². The van der Waals surface area contributed by atoms with Gasteiger partial charge in [-0.2, -0.15) is 5.10 Å². The van der Waals surface area contributed by atoms with Crippen molar-refractivity contribution in [1.29, 1.82) is 0 Å². The van der Waals surface area contributed by atoms with Crippen molar-refractivity contribution in [3.05, 3.63) is 52.1 Å². The summed E-state index contributed by atoms with van der Waals surface area (Å²) < 4.78 is 5.33. The van der Waals surface area contributed by atoms with Crippen molar-refractivity contribution in [3.8, 4) is 0 Å². The summed E-state index contributed by atoms with van der Waals surface area (Å²) in [6, 6.07) is 7.35. The van der Waals surface area contributed by atoms with Gasteiger partial charge < -0.3 is 10.1 Å². The fourth-order valence-electron chi connectivity index (χ4n) is 2.53. The molecule has 1 atom stereocenters. The first-order valence-corrected chi connectivity index (χ1v) is 8.20. The van der Waals surface area contributed by atoms with Gasteiger partial charge in [-0.1, -0.05) is 23.7 Å². The quantitative estimate of drug-likeness (QED) is 0.816. The molecule has 2 aromatic rings. The topological polar surface area (TPSA) is 79.9 Å². The molecule has 1 aliphatic rings. The van der Waals surface area contributed by atoms with Crippen LogP contribution in [0.5, 0.6) is 0 Å². The Labute approximate surface area is 145 Å². The first-order chi connectivity index (χ1) is 11.6. The van der Waals surface area contributed by atoms with Gasteiger partial charge in [0.2, 0.25) is 5.91 Å². The van der Waals surface area contributed by atoms with E-state index in [0.717, 1.165) is 24.4 Å². The normalized spacial score (nSPS) is 17.9. The summed E-state index contributed by atoms with van der Waals surface area (Å²) in [4.78, 5) is 16.6. The first kappa shape index (κ1) is 16.7. The van der Waals surface area contributed by atoms with E-state index in [1.54, 1.807) is 19.1 Å². The van der Waals surface area contributed by atoms with Crippen molar-refractivity contribution >= 4 is 23.6 Å². The molecule has 0 bridgehead atoms. The highest BCUT2D eigenvalue weighted by Gasteiger charge is 2.21. The lowest BCUT2D eigenvalue weighted by Crippen LogP contribution is -2.24. The Morgan fingerprint density at radius 3 is 3.17 bits per heavy atom. The molecule has 1 aliphatic heterocycles. The molecular weight excluding hydrogens is 328 g/mol. The highest BCUT2D eigenvalue weighted by Crippen LogP contribution is 2.21. The molecule has 0 saturated carbocycles. The number of nitrogens with zero attached hydrogens (tertiary/aromatic N) is 2. The second-order valence-electron chi connectivity index (χ2n) is 5.77. The maximum Gasteiger partial charge on any atom is 0.247 e. The van der Waals surface area contributed by atoms with Gasteiger partial charge in [-0.25, -0.2) is 4.98 Å². The number of hydrogen-bond acceptors (Lipinski definition) is 4. The van der Waals surface area contributed by atoms with Gasteiger partial charge in [-0.15, -0.1) is 0 Å². The fourth-order valence-corrected chi connectivity index (χ4v) is 2.72. The summed E-state index contributed by atoms with van der Waals surface area (Å²) in [6.45, 7) is 3.47. The molecule has 1 amide bonds. The summed E-state index contributed by atoms with van der Waals surface area (Å²) in [5, 5.41) is 10.5. The number of hydrogen-bond donors (Lipinski definition) is 2. The summed E-state index contributed by atoms with van der Waals surface area (Å²) in [5.74, 6) is 1.48. The molecule has 1 saturated heterocycles. The maximum atomic E-state index is 12.2. The Bertz CT molecular complexity index is 751. The first-order valence-electron chi connectivity index (χ1n) is 7.83. The van der Waals surface area contributed by atoms with E-state index in [-0.39, 0.29) is 11.8 Å². The number of H-pyrrole nitrogens is 1. The van der Waals surface area contributed by atoms with Crippen molar-refractivity contribution in [3.63, 3.8) is 0 Å². The van der Waals surface area contributed by atoms with E-state index in [9.17, 15) is 4.79 Å². The third-order valence-electron chi connectivity index (χ3n) is 3.85. The minimum atomic E-state index is -0.155. The minimum Gasteiger partial charge on any atom is -0.381 e. The number of benzene rings is 1. The molecule has 1 unspecified atom stereocenters. The molecule has 2 N–H and O–H groups in total. The SMILES string of the molecule is C/C(=C\c1cccc(Cl)c1)C(=O)NCc1nc(C2CCOC2)n[nH]1. The average molecular weight is 347 g/mol. The molecular formula is C17H19ClN4O2. The largest absolute Gasteiger partial charge is 0.381 e. The number of carbonyl (C=O) groups is 1. The van der Waals surface area contributed by atoms with E-state index >= 15 is 0 Å². The van der Waals surface area contributed by atoms with E-state index in [1.165, 1.54) is 0 Å². The number of halogens is 1. The number of aromatic amines is 1. The lowest BCUT2D eigenvalue weighted by atomic mass is 10.1. The number of rotatable bonds is 5. The lowest BCUT2D eigenvalue weighted by molar-refractivity contribution is -0.117. The molecule has 2 heterocycles. The number of ether oxygens (including phenoxy) is 1. The Morgan fingerprint density at radius 1 is 1.54 bits per heavy atom. The second kappa shape index (κ2) is 7.59. The monoisotopic (exact) mass is 346 g/mol. The van der Waals surface area contributed by atoms with Crippen LogP contribution in [-0.4, -0.2) is 34.3 Å². The third-order valence-corrected chi connectivity index (χ3v) is 4.09. The van der Waals surface area contributed by atoms with Crippen LogP contribution in [0.2, 0.25) is 5.02 Å². The molecule has 126 valence electrons. The molecule has 7 heteroatoms. The van der Waals surface area contributed by atoms with Crippen LogP contribution < -0.4 is 5.32 Å². The Balaban J connectivity index is 1.56. The molecule has 0 aliphatic carbocycles. The molecule has 1 aromatic heterocycles. The van der Waals surface area contributed by atoms with Crippen molar-refractivity contribution in [2.75, 3.05) is 13.2 Å². The zero-order valence-electron chi connectivity index (χ0n) is 13.4. The third kappa shape index (κ3) is 4.21. The highest BCUT2D eigenvalue weighted by molar-refractivity contribution is 6.30. The number of carbonyl (C=O) groups excluding carboxylic acids is 1. The van der Waals surface area contributed by atoms with Gasteiger partial charge in [0, 0.05) is 23.1 Å². The van der Waals surface area contributed by atoms with Crippen molar-refractivity contribution < 1.29 is 9.53 Å². The van der Waals surface area contributed by atoms with Crippen LogP contribution in [0.15, 0.2) is 29.8 Å². The van der Waals surface area contributed by atoms with Crippen molar-refractivity contribution in [1.82, 2.24) is 20.5 Å². The van der Waals surface area contributed by atoms with Crippen LogP contribution in [0.4, 0.5) is 0 Å². The van der Waals surface area contributed by atoms with E-state index in [2.05, 4.69) is 20.5 Å². The molecule has 24 heavy (non-hydrogen) atoms. The van der Waals surface area contributed by atoms with Gasteiger partial charge in [0.15, 0.2) is 5.82 Å². The Hall–Kier alpha value is -2.18. The van der Waals surface area contributed by atoms with Crippen LogP contribution >= 0.6 is 11.6 Å². The highest BCUT2D eigenvalue weighted by atomic mass is 35.5. The second-order valence-corrected chi connectivity index (χ2v) is 6.20. The van der Waals surface area contributed by atoms with Gasteiger partial charge in [0.05, 0.1) is 13.2 Å². The standard InChI is InChI=1S/C17H19ClN4O2/c1-11(7-12-3-2-4-14(18)8-12)17(23)19-9-15-20-16(22-21-15)13-5-6-24-10-13/h2-4,7-8,13H,5-6,9-10H2,1H3,(H,19,23)(H,20,21,22)/b11-7+. The van der Waals surface area contributed by atoms with Gasteiger partial charge in [-0.3, -0.25) is 9.89 Å². The van der Waals surface area contributed by atoms with Crippen LogP contribution in [-0.2, 0) is 16.1 Å². The molecule has 0 spiro atoms. The zero-order chi connectivity index (χ0) is 16.9. The summed E-state index contributed by atoms with van der Waals surface area (Å²) in [5.41, 5.74) is 1.49. The molecule has 1 aromatic carbocycles. The molecule has 0 radical (unpaired) electrons. The average Bonchev–Trinajstić information content (AvgIpc) is 3.23. The van der Waals surface area contributed by atoms with Crippen LogP contribution in [0.1, 0.15) is 36.5 Å². The Kier molecular flexibility index (Phi) is 5.27. The number of aromatic nitrogens is 3. The zero-order valence-corrected chi connectivity index (χ0v) is 14.1. The van der Waals surface area contributed by atoms with E-state index in [4.69, 9.17) is 16.3 Å². The molecule has 6 nitrogen and oxygen atoms in total. The number of amides is 1. The number of nitrogens with one attached hydrogen (secondary N) is 2. The van der Waals surface area contributed by atoms with Gasteiger partial charge in [-0.05, 0) is 37.1 Å². The minimum absolute atomic E-state index is 0.155. The van der Waals surface area contributed by atoms with Gasteiger partial charge in [0.1, 0.15) is 5.82 Å². The van der Waals surface area contributed by atoms with E-state index in [1.807, 2.05) is 18.2 Å². The van der Waals surface area contributed by atoms with Crippen molar-refractivity contribution in [2.45, 2.75) is 25.8 Å². The van der Waals surface area contributed by atoms with Crippen LogP contribution in [0, 0.1) is 0 Å². The predicted octanol–water partition coefficient (Wildman–Crippen LogP) is 2.68. The van der Waals surface area contributed by atoms with E-state index in [0.29, 0.717) is 29.6 Å². The van der Waals surface area contributed by atoms with Crippen LogP contribution in [0.3, 0.4) is 0 Å². The predicted molar refractivity (Wildman–Crippen MR) is 91.5 cm³/mol. The summed E-state index contributed by atoms with van der Waals surface area (Å²) in [7, 11) is 0. The van der Waals surface area contributed by atoms with E-state index < -0.39 is 0 Å². The van der Waals surface area contributed by atoms with Gasteiger partial charge >= 0.3 is 0 Å². The lowest BCUT2D eigenvalue weighted by Gasteiger charge is -2.04. The van der Waals surface area contributed by atoms with Crippen molar-refractivity contribution in [2.24, 2.45) is 0 Å². The summed E-state index contributed by atoms with van der Waals surface area (Å²) in [6.07, 6.45) is 2.73. The smallest absolute Gasteiger partial charge is 0.247 e.